The van der Waals surface area contributed by atoms with Gasteiger partial charge >= 0.3 is 0 Å². The van der Waals surface area contributed by atoms with Crippen LogP contribution in [0.1, 0.15) is 11.3 Å². The SMILES string of the molecule is CSc1cccc(-n2nnc(CCl)c2-c2ccc(C)cc2)c1. The summed E-state index contributed by atoms with van der Waals surface area (Å²) in [5.74, 6) is 0.339. The van der Waals surface area contributed by atoms with Gasteiger partial charge in [0.1, 0.15) is 5.69 Å². The van der Waals surface area contributed by atoms with E-state index in [0.717, 1.165) is 22.6 Å². The molecule has 0 saturated carbocycles. The van der Waals surface area contributed by atoms with Gasteiger partial charge in [-0.15, -0.1) is 28.5 Å². The Morgan fingerprint density at radius 1 is 1.14 bits per heavy atom. The zero-order valence-corrected chi connectivity index (χ0v) is 14.0. The maximum absolute atomic E-state index is 6.05. The van der Waals surface area contributed by atoms with Gasteiger partial charge in [0, 0.05) is 10.5 Å². The van der Waals surface area contributed by atoms with E-state index in [-0.39, 0.29) is 0 Å². The summed E-state index contributed by atoms with van der Waals surface area (Å²) in [7, 11) is 0. The van der Waals surface area contributed by atoms with Crippen molar-refractivity contribution in [3.05, 3.63) is 59.8 Å². The lowest BCUT2D eigenvalue weighted by atomic mass is 10.1. The molecule has 0 atom stereocenters. The Labute approximate surface area is 139 Å². The second kappa shape index (κ2) is 6.55. The molecule has 22 heavy (non-hydrogen) atoms. The van der Waals surface area contributed by atoms with Crippen LogP contribution in [-0.2, 0) is 5.88 Å². The van der Waals surface area contributed by atoms with Crippen LogP contribution >= 0.6 is 23.4 Å². The Bertz CT molecular complexity index is 781. The Morgan fingerprint density at radius 2 is 1.91 bits per heavy atom. The van der Waals surface area contributed by atoms with E-state index in [1.54, 1.807) is 11.8 Å². The number of nitrogens with zero attached hydrogens (tertiary/aromatic N) is 3. The molecule has 3 aromatic rings. The van der Waals surface area contributed by atoms with Crippen molar-refractivity contribution in [1.82, 2.24) is 15.0 Å². The minimum Gasteiger partial charge on any atom is -0.212 e. The molecule has 0 saturated heterocycles. The zero-order chi connectivity index (χ0) is 15.5. The zero-order valence-electron chi connectivity index (χ0n) is 12.5. The fourth-order valence-electron chi connectivity index (χ4n) is 2.33. The van der Waals surface area contributed by atoms with Crippen molar-refractivity contribution in [1.29, 1.82) is 0 Å². The Balaban J connectivity index is 2.16. The van der Waals surface area contributed by atoms with Crippen molar-refractivity contribution in [2.24, 2.45) is 0 Å². The minimum absolute atomic E-state index is 0.339. The fraction of sp³-hybridized carbons (Fsp3) is 0.176. The third-order valence-corrected chi connectivity index (χ3v) is 4.47. The number of halogens is 1. The molecule has 0 spiro atoms. The summed E-state index contributed by atoms with van der Waals surface area (Å²) in [5.41, 5.74) is 5.03. The van der Waals surface area contributed by atoms with Gasteiger partial charge in [-0.05, 0) is 31.4 Å². The Hall–Kier alpha value is -1.78. The van der Waals surface area contributed by atoms with Crippen molar-refractivity contribution in [3.8, 4) is 16.9 Å². The van der Waals surface area contributed by atoms with E-state index in [1.165, 1.54) is 10.5 Å². The van der Waals surface area contributed by atoms with Gasteiger partial charge in [-0.3, -0.25) is 0 Å². The minimum atomic E-state index is 0.339. The molecule has 0 aliphatic rings. The van der Waals surface area contributed by atoms with Crippen molar-refractivity contribution in [3.63, 3.8) is 0 Å². The van der Waals surface area contributed by atoms with Gasteiger partial charge < -0.3 is 0 Å². The highest BCUT2D eigenvalue weighted by atomic mass is 35.5. The first-order valence-corrected chi connectivity index (χ1v) is 8.71. The molecule has 1 aromatic heterocycles. The number of aryl methyl sites for hydroxylation is 1. The van der Waals surface area contributed by atoms with Crippen LogP contribution in [0, 0.1) is 6.92 Å². The fourth-order valence-corrected chi connectivity index (χ4v) is 2.96. The molecule has 3 rings (SSSR count). The van der Waals surface area contributed by atoms with E-state index in [2.05, 4.69) is 59.9 Å². The Morgan fingerprint density at radius 3 is 2.59 bits per heavy atom. The molecule has 0 amide bonds. The van der Waals surface area contributed by atoms with Gasteiger partial charge in [0.25, 0.3) is 0 Å². The number of aromatic nitrogens is 3. The van der Waals surface area contributed by atoms with Crippen LogP contribution in [0.4, 0.5) is 0 Å². The first-order valence-electron chi connectivity index (χ1n) is 6.95. The number of alkyl halides is 1. The molecule has 0 unspecified atom stereocenters. The molecule has 0 radical (unpaired) electrons. The predicted molar refractivity (Wildman–Crippen MR) is 92.9 cm³/mol. The summed E-state index contributed by atoms with van der Waals surface area (Å²) < 4.78 is 1.86. The van der Waals surface area contributed by atoms with E-state index in [9.17, 15) is 0 Å². The average Bonchev–Trinajstić information content (AvgIpc) is 2.99. The summed E-state index contributed by atoms with van der Waals surface area (Å²) in [6.07, 6.45) is 2.06. The number of hydrogen-bond acceptors (Lipinski definition) is 3. The summed E-state index contributed by atoms with van der Waals surface area (Å²) in [4.78, 5) is 1.19. The maximum atomic E-state index is 6.05. The third-order valence-electron chi connectivity index (χ3n) is 3.49. The summed E-state index contributed by atoms with van der Waals surface area (Å²) in [5, 5.41) is 8.54. The molecule has 0 fully saturated rings. The van der Waals surface area contributed by atoms with Crippen LogP contribution in [0.3, 0.4) is 0 Å². The second-order valence-corrected chi connectivity index (χ2v) is 6.14. The van der Waals surface area contributed by atoms with Crippen molar-refractivity contribution in [2.45, 2.75) is 17.7 Å². The quantitative estimate of drug-likeness (QED) is 0.513. The molecule has 112 valence electrons. The van der Waals surface area contributed by atoms with E-state index in [4.69, 9.17) is 11.6 Å². The molecule has 0 N–H and O–H groups in total. The number of thioether (sulfide) groups is 1. The van der Waals surface area contributed by atoms with Crippen LogP contribution in [0.15, 0.2) is 53.4 Å². The molecule has 3 nitrogen and oxygen atoms in total. The Kier molecular flexibility index (Phi) is 4.50. The molecule has 2 aromatic carbocycles. The first kappa shape index (κ1) is 15.1. The summed E-state index contributed by atoms with van der Waals surface area (Å²) in [6.45, 7) is 2.07. The maximum Gasteiger partial charge on any atom is 0.106 e. The van der Waals surface area contributed by atoms with Crippen LogP contribution in [0.25, 0.3) is 16.9 Å². The van der Waals surface area contributed by atoms with Gasteiger partial charge in [-0.2, -0.15) is 0 Å². The van der Waals surface area contributed by atoms with Crippen LogP contribution < -0.4 is 0 Å². The smallest absolute Gasteiger partial charge is 0.106 e. The van der Waals surface area contributed by atoms with Crippen molar-refractivity contribution >= 4 is 23.4 Å². The number of benzene rings is 2. The number of rotatable bonds is 4. The van der Waals surface area contributed by atoms with Gasteiger partial charge in [0.05, 0.1) is 17.3 Å². The largest absolute Gasteiger partial charge is 0.212 e. The van der Waals surface area contributed by atoms with E-state index < -0.39 is 0 Å². The van der Waals surface area contributed by atoms with Gasteiger partial charge in [-0.25, -0.2) is 4.68 Å². The normalized spacial score (nSPS) is 10.9. The highest BCUT2D eigenvalue weighted by Gasteiger charge is 2.15. The second-order valence-electron chi connectivity index (χ2n) is 5.00. The highest BCUT2D eigenvalue weighted by Crippen LogP contribution is 2.28. The van der Waals surface area contributed by atoms with Crippen LogP contribution in [0.2, 0.25) is 0 Å². The first-order chi connectivity index (χ1) is 10.7. The number of hydrogen-bond donors (Lipinski definition) is 0. The molecule has 1 heterocycles. The van der Waals surface area contributed by atoms with Gasteiger partial charge in [0.15, 0.2) is 0 Å². The van der Waals surface area contributed by atoms with Crippen molar-refractivity contribution < 1.29 is 0 Å². The summed E-state index contributed by atoms with van der Waals surface area (Å²) in [6, 6.07) is 16.6. The standard InChI is InChI=1S/C17H16ClN3S/c1-12-6-8-13(9-7-12)17-16(11-18)19-20-21(17)14-4-3-5-15(10-14)22-2/h3-10H,11H2,1-2H3. The molecule has 0 aliphatic carbocycles. The lowest BCUT2D eigenvalue weighted by molar-refractivity contribution is 0.802. The lowest BCUT2D eigenvalue weighted by Gasteiger charge is -2.09. The monoisotopic (exact) mass is 329 g/mol. The average molecular weight is 330 g/mol. The third kappa shape index (κ3) is 2.89. The molecule has 5 heteroatoms. The molecular formula is C17H16ClN3S. The molecular weight excluding hydrogens is 314 g/mol. The van der Waals surface area contributed by atoms with Crippen molar-refractivity contribution in [2.75, 3.05) is 6.26 Å². The molecule has 0 bridgehead atoms. The predicted octanol–water partition coefficient (Wildman–Crippen LogP) is 4.70. The van der Waals surface area contributed by atoms with Crippen LogP contribution in [-0.4, -0.2) is 21.2 Å². The van der Waals surface area contributed by atoms with Crippen LogP contribution in [0.5, 0.6) is 0 Å². The highest BCUT2D eigenvalue weighted by molar-refractivity contribution is 7.98. The lowest BCUT2D eigenvalue weighted by Crippen LogP contribution is -2.00. The summed E-state index contributed by atoms with van der Waals surface area (Å²) >= 11 is 7.76. The van der Waals surface area contributed by atoms with Gasteiger partial charge in [0.2, 0.25) is 0 Å². The topological polar surface area (TPSA) is 30.7 Å². The van der Waals surface area contributed by atoms with E-state index in [1.807, 2.05) is 16.8 Å². The molecule has 0 aliphatic heterocycles. The van der Waals surface area contributed by atoms with E-state index >= 15 is 0 Å². The van der Waals surface area contributed by atoms with E-state index in [0.29, 0.717) is 5.88 Å². The van der Waals surface area contributed by atoms with Gasteiger partial charge in [-0.1, -0.05) is 41.1 Å².